The van der Waals surface area contributed by atoms with Crippen LogP contribution in [0.1, 0.15) is 41.7 Å². The van der Waals surface area contributed by atoms with E-state index in [-0.39, 0.29) is 17.0 Å². The Hall–Kier alpha value is -2.80. The number of ether oxygens (including phenoxy) is 3. The second-order valence-corrected chi connectivity index (χ2v) is 8.02. The monoisotopic (exact) mass is 399 g/mol. The van der Waals surface area contributed by atoms with Gasteiger partial charge in [0.1, 0.15) is 12.2 Å². The molecule has 4 rings (SSSR count). The van der Waals surface area contributed by atoms with Gasteiger partial charge in [-0.2, -0.15) is 0 Å². The topological polar surface area (TPSA) is 87.0 Å². The molecule has 0 radical (unpaired) electrons. The number of hydrogen-bond acceptors (Lipinski definition) is 5. The van der Waals surface area contributed by atoms with Gasteiger partial charge in [-0.15, -0.1) is 0 Å². The molecular formula is C22H25NO6. The van der Waals surface area contributed by atoms with E-state index < -0.39 is 11.4 Å². The lowest BCUT2D eigenvalue weighted by molar-refractivity contribution is 0.0694. The molecule has 2 heterocycles. The number of carboxylic acids is 1. The summed E-state index contributed by atoms with van der Waals surface area (Å²) in [4.78, 5) is 24.0. The highest BCUT2D eigenvalue weighted by atomic mass is 16.5. The molecule has 0 spiro atoms. The zero-order valence-electron chi connectivity index (χ0n) is 16.9. The van der Waals surface area contributed by atoms with E-state index in [1.807, 2.05) is 16.7 Å². The Kier molecular flexibility index (Phi) is 4.86. The number of carbonyl (C=O) groups is 1. The predicted octanol–water partition coefficient (Wildman–Crippen LogP) is 3.14. The van der Waals surface area contributed by atoms with Crippen molar-refractivity contribution in [2.24, 2.45) is 5.41 Å². The summed E-state index contributed by atoms with van der Waals surface area (Å²) in [6, 6.07) is 5.37. The lowest BCUT2D eigenvalue weighted by Gasteiger charge is -2.35. The Morgan fingerprint density at radius 1 is 1.21 bits per heavy atom. The molecule has 1 aliphatic carbocycles. The Morgan fingerprint density at radius 3 is 2.59 bits per heavy atom. The first-order chi connectivity index (χ1) is 13.9. The number of benzene rings is 1. The summed E-state index contributed by atoms with van der Waals surface area (Å²) in [5.74, 6) is 0.00784. The maximum absolute atomic E-state index is 12.4. The summed E-state index contributed by atoms with van der Waals surface area (Å²) in [7, 11) is 3.19. The number of nitrogens with zero attached hydrogens (tertiary/aromatic N) is 1. The summed E-state index contributed by atoms with van der Waals surface area (Å²) in [6.45, 7) is 3.09. The third-order valence-corrected chi connectivity index (χ3v) is 6.11. The molecule has 1 fully saturated rings. The minimum atomic E-state index is -1.20. The van der Waals surface area contributed by atoms with Crippen molar-refractivity contribution in [3.63, 3.8) is 0 Å². The van der Waals surface area contributed by atoms with E-state index in [4.69, 9.17) is 14.2 Å². The van der Waals surface area contributed by atoms with Gasteiger partial charge < -0.3 is 23.9 Å². The van der Waals surface area contributed by atoms with Gasteiger partial charge in [-0.25, -0.2) is 4.79 Å². The van der Waals surface area contributed by atoms with Crippen molar-refractivity contribution in [2.45, 2.75) is 32.2 Å². The third kappa shape index (κ3) is 3.40. The van der Waals surface area contributed by atoms with Gasteiger partial charge in [-0.05, 0) is 42.4 Å². The van der Waals surface area contributed by atoms with Crippen LogP contribution in [0.5, 0.6) is 11.5 Å². The SMILES string of the molecule is COCCOc1cc2c(cc1OC)-c1cc(=O)c(C(=O)O)cn1[C@H](C1(C)CC1)C2. The lowest BCUT2D eigenvalue weighted by atomic mass is 9.84. The van der Waals surface area contributed by atoms with Crippen LogP contribution in [0.2, 0.25) is 0 Å². The molecule has 0 saturated heterocycles. The Bertz CT molecular complexity index is 1020. The maximum atomic E-state index is 12.4. The number of pyridine rings is 1. The molecule has 1 aromatic carbocycles. The van der Waals surface area contributed by atoms with Crippen LogP contribution in [0.4, 0.5) is 0 Å². The van der Waals surface area contributed by atoms with Crippen molar-refractivity contribution in [3.05, 3.63) is 45.7 Å². The van der Waals surface area contributed by atoms with Gasteiger partial charge in [0.05, 0.1) is 19.4 Å². The van der Waals surface area contributed by atoms with Gasteiger partial charge in [-0.1, -0.05) is 6.92 Å². The summed E-state index contributed by atoms with van der Waals surface area (Å²) in [5, 5.41) is 9.43. The second kappa shape index (κ2) is 7.22. The van der Waals surface area contributed by atoms with Gasteiger partial charge >= 0.3 is 5.97 Å². The highest BCUT2D eigenvalue weighted by molar-refractivity contribution is 5.88. The number of aromatic nitrogens is 1. The Balaban J connectivity index is 1.87. The first-order valence-corrected chi connectivity index (χ1v) is 9.70. The Labute approximate surface area is 168 Å². The van der Waals surface area contributed by atoms with E-state index in [9.17, 15) is 14.7 Å². The van der Waals surface area contributed by atoms with Crippen molar-refractivity contribution in [1.29, 1.82) is 0 Å². The average Bonchev–Trinajstić information content (AvgIpc) is 3.44. The first-order valence-electron chi connectivity index (χ1n) is 9.70. The molecule has 1 aromatic heterocycles. The van der Waals surface area contributed by atoms with Crippen LogP contribution in [0.15, 0.2) is 29.2 Å². The molecule has 29 heavy (non-hydrogen) atoms. The van der Waals surface area contributed by atoms with Crippen molar-refractivity contribution in [3.8, 4) is 22.8 Å². The summed E-state index contributed by atoms with van der Waals surface area (Å²) in [5.41, 5.74) is 2.07. The average molecular weight is 399 g/mol. The summed E-state index contributed by atoms with van der Waals surface area (Å²) < 4.78 is 18.4. The molecule has 1 N–H and O–H groups in total. The molecule has 2 aliphatic rings. The molecule has 0 unspecified atom stereocenters. The number of methoxy groups -OCH3 is 2. The normalized spacial score (nSPS) is 18.5. The zero-order valence-corrected chi connectivity index (χ0v) is 16.9. The van der Waals surface area contributed by atoms with Gasteiger partial charge in [0.15, 0.2) is 16.9 Å². The van der Waals surface area contributed by atoms with Crippen molar-refractivity contribution in [2.75, 3.05) is 27.4 Å². The minimum absolute atomic E-state index is 0.0870. The molecule has 7 heteroatoms. The van der Waals surface area contributed by atoms with Gasteiger partial charge in [-0.3, -0.25) is 4.79 Å². The predicted molar refractivity (Wildman–Crippen MR) is 107 cm³/mol. The smallest absolute Gasteiger partial charge is 0.341 e. The fourth-order valence-corrected chi connectivity index (χ4v) is 4.12. The van der Waals surface area contributed by atoms with E-state index in [2.05, 4.69) is 6.92 Å². The summed E-state index contributed by atoms with van der Waals surface area (Å²) >= 11 is 0. The number of fused-ring (bicyclic) bond motifs is 3. The van der Waals surface area contributed by atoms with Crippen LogP contribution in [0.3, 0.4) is 0 Å². The molecule has 1 atom stereocenters. The molecule has 2 aromatic rings. The van der Waals surface area contributed by atoms with E-state index >= 15 is 0 Å². The van der Waals surface area contributed by atoms with Gasteiger partial charge in [0.2, 0.25) is 0 Å². The second-order valence-electron chi connectivity index (χ2n) is 8.02. The largest absolute Gasteiger partial charge is 0.493 e. The zero-order chi connectivity index (χ0) is 20.8. The van der Waals surface area contributed by atoms with Crippen LogP contribution < -0.4 is 14.9 Å². The van der Waals surface area contributed by atoms with Crippen LogP contribution >= 0.6 is 0 Å². The lowest BCUT2D eigenvalue weighted by Crippen LogP contribution is -2.29. The molecule has 7 nitrogen and oxygen atoms in total. The standard InChI is InChI=1S/C22H25NO6/c1-22(4-5-22)20-9-13-8-19(29-7-6-27-2)18(28-3)10-14(13)16-11-17(24)15(21(25)26)12-23(16)20/h8,10-12,20H,4-7,9H2,1-3H3,(H,25,26)/t20-/m0/s1. The van der Waals surface area contributed by atoms with Crippen molar-refractivity contribution < 1.29 is 24.1 Å². The Morgan fingerprint density at radius 2 is 1.97 bits per heavy atom. The number of carboxylic acid groups (broad SMARTS) is 1. The highest BCUT2D eigenvalue weighted by Crippen LogP contribution is 2.57. The van der Waals surface area contributed by atoms with E-state index in [0.29, 0.717) is 24.7 Å². The molecule has 0 bridgehead atoms. The molecular weight excluding hydrogens is 374 g/mol. The maximum Gasteiger partial charge on any atom is 0.341 e. The van der Waals surface area contributed by atoms with Crippen LogP contribution in [-0.4, -0.2) is 43.1 Å². The van der Waals surface area contributed by atoms with Gasteiger partial charge in [0.25, 0.3) is 0 Å². The first kappa shape index (κ1) is 19.5. The molecule has 1 aliphatic heterocycles. The quantitative estimate of drug-likeness (QED) is 0.720. The minimum Gasteiger partial charge on any atom is -0.493 e. The van der Waals surface area contributed by atoms with E-state index in [0.717, 1.165) is 36.1 Å². The highest BCUT2D eigenvalue weighted by Gasteiger charge is 2.47. The third-order valence-electron chi connectivity index (χ3n) is 6.11. The van der Waals surface area contributed by atoms with Crippen LogP contribution in [0, 0.1) is 5.41 Å². The molecule has 1 saturated carbocycles. The number of hydrogen-bond donors (Lipinski definition) is 1. The van der Waals surface area contributed by atoms with E-state index in [1.165, 1.54) is 12.3 Å². The van der Waals surface area contributed by atoms with E-state index in [1.54, 1.807) is 14.2 Å². The fourth-order valence-electron chi connectivity index (χ4n) is 4.12. The fraction of sp³-hybridized carbons (Fsp3) is 0.455. The number of rotatable bonds is 7. The molecule has 0 amide bonds. The molecule has 154 valence electrons. The number of aromatic carboxylic acids is 1. The van der Waals surface area contributed by atoms with Crippen LogP contribution in [0.25, 0.3) is 11.3 Å². The van der Waals surface area contributed by atoms with Crippen molar-refractivity contribution in [1.82, 2.24) is 4.57 Å². The van der Waals surface area contributed by atoms with Crippen molar-refractivity contribution >= 4 is 5.97 Å². The van der Waals surface area contributed by atoms with Gasteiger partial charge in [0, 0.05) is 31.0 Å². The summed E-state index contributed by atoms with van der Waals surface area (Å²) in [6.07, 6.45) is 4.40. The van der Waals surface area contributed by atoms with Crippen LogP contribution in [-0.2, 0) is 11.2 Å².